The Labute approximate surface area is 123 Å². The Kier molecular flexibility index (Phi) is 4.93. The minimum Gasteiger partial charge on any atom is -0.389 e. The molecular weight excluding hydrogens is 276 g/mol. The summed E-state index contributed by atoms with van der Waals surface area (Å²) in [5, 5.41) is 13.1. The van der Waals surface area contributed by atoms with Gasteiger partial charge in [-0.1, -0.05) is 25.3 Å². The molecule has 116 valence electrons. The van der Waals surface area contributed by atoms with Gasteiger partial charge in [-0.15, -0.1) is 0 Å². The maximum absolute atomic E-state index is 13.2. The Morgan fingerprint density at radius 1 is 1.29 bits per heavy atom. The van der Waals surface area contributed by atoms with E-state index in [1.54, 1.807) is 6.92 Å². The molecule has 1 saturated carbocycles. The summed E-state index contributed by atoms with van der Waals surface area (Å²) in [6, 6.07) is 3.14. The lowest BCUT2D eigenvalue weighted by molar-refractivity contribution is -0.128. The first kappa shape index (κ1) is 15.9. The molecule has 21 heavy (non-hydrogen) atoms. The average molecular weight is 297 g/mol. The van der Waals surface area contributed by atoms with Crippen LogP contribution in [0.3, 0.4) is 0 Å². The number of hydrogen-bond acceptors (Lipinski definition) is 2. The van der Waals surface area contributed by atoms with E-state index < -0.39 is 23.3 Å². The van der Waals surface area contributed by atoms with Crippen LogP contribution in [0.5, 0.6) is 0 Å². The molecule has 2 N–H and O–H groups in total. The van der Waals surface area contributed by atoms with E-state index in [2.05, 4.69) is 5.32 Å². The zero-order chi connectivity index (χ0) is 15.5. The number of carbonyl (C=O) groups excluding carboxylic acids is 1. The van der Waals surface area contributed by atoms with Crippen LogP contribution in [-0.4, -0.2) is 16.6 Å². The zero-order valence-electron chi connectivity index (χ0n) is 12.2. The highest BCUT2D eigenvalue weighted by atomic mass is 19.2. The van der Waals surface area contributed by atoms with Crippen molar-refractivity contribution in [2.45, 2.75) is 57.1 Å². The Balaban J connectivity index is 1.93. The van der Waals surface area contributed by atoms with Gasteiger partial charge in [-0.25, -0.2) is 8.78 Å². The van der Waals surface area contributed by atoms with E-state index in [4.69, 9.17) is 0 Å². The minimum absolute atomic E-state index is 0.0566. The van der Waals surface area contributed by atoms with Crippen LogP contribution in [0.1, 0.15) is 57.1 Å². The summed E-state index contributed by atoms with van der Waals surface area (Å²) in [5.41, 5.74) is -0.422. The van der Waals surface area contributed by atoms with E-state index in [1.807, 2.05) is 0 Å². The van der Waals surface area contributed by atoms with Crippen molar-refractivity contribution in [1.82, 2.24) is 5.32 Å². The second-order valence-corrected chi connectivity index (χ2v) is 5.92. The van der Waals surface area contributed by atoms with Crippen LogP contribution in [-0.2, 0) is 4.79 Å². The van der Waals surface area contributed by atoms with Gasteiger partial charge in [0.25, 0.3) is 0 Å². The van der Waals surface area contributed by atoms with Gasteiger partial charge in [-0.3, -0.25) is 4.79 Å². The van der Waals surface area contributed by atoms with Crippen LogP contribution in [0.25, 0.3) is 0 Å². The van der Waals surface area contributed by atoms with E-state index in [9.17, 15) is 18.7 Å². The lowest BCUT2D eigenvalue weighted by Crippen LogP contribution is -2.39. The smallest absolute Gasteiger partial charge is 0.223 e. The Morgan fingerprint density at radius 2 is 1.95 bits per heavy atom. The maximum atomic E-state index is 13.2. The van der Waals surface area contributed by atoms with Crippen LogP contribution in [0.4, 0.5) is 8.78 Å². The molecule has 1 atom stereocenters. The molecule has 2 rings (SSSR count). The fourth-order valence-electron chi connectivity index (χ4n) is 2.84. The van der Waals surface area contributed by atoms with Gasteiger partial charge in [0, 0.05) is 0 Å². The molecule has 1 amide bonds. The maximum Gasteiger partial charge on any atom is 0.223 e. The van der Waals surface area contributed by atoms with Crippen molar-refractivity contribution in [3.8, 4) is 0 Å². The molecule has 0 aliphatic heterocycles. The predicted octanol–water partition coefficient (Wildman–Crippen LogP) is 3.23. The summed E-state index contributed by atoms with van der Waals surface area (Å²) in [6.07, 6.45) is 4.29. The van der Waals surface area contributed by atoms with E-state index >= 15 is 0 Å². The van der Waals surface area contributed by atoms with Gasteiger partial charge in [0.15, 0.2) is 11.6 Å². The van der Waals surface area contributed by atoms with Crippen LogP contribution in [0, 0.1) is 11.6 Å². The number of amides is 1. The fourth-order valence-corrected chi connectivity index (χ4v) is 2.84. The molecule has 0 aromatic heterocycles. The quantitative estimate of drug-likeness (QED) is 0.896. The third kappa shape index (κ3) is 4.24. The summed E-state index contributed by atoms with van der Waals surface area (Å²) in [6.45, 7) is 1.70. The molecule has 1 aliphatic carbocycles. The van der Waals surface area contributed by atoms with Crippen LogP contribution in [0.15, 0.2) is 18.2 Å². The number of benzene rings is 1. The second-order valence-electron chi connectivity index (χ2n) is 5.92. The lowest BCUT2D eigenvalue weighted by atomic mass is 9.82. The van der Waals surface area contributed by atoms with Crippen molar-refractivity contribution < 1.29 is 18.7 Å². The average Bonchev–Trinajstić information content (AvgIpc) is 2.41. The molecule has 3 nitrogen and oxygen atoms in total. The molecule has 1 aliphatic rings. The molecule has 0 heterocycles. The number of hydrogen-bond donors (Lipinski definition) is 2. The lowest BCUT2D eigenvalue weighted by Gasteiger charge is -2.31. The largest absolute Gasteiger partial charge is 0.389 e. The summed E-state index contributed by atoms with van der Waals surface area (Å²) >= 11 is 0. The second kappa shape index (κ2) is 6.52. The SMILES string of the molecule is CC(NC(=O)CC1(O)CCCCC1)c1ccc(F)c(F)c1. The highest BCUT2D eigenvalue weighted by Crippen LogP contribution is 2.31. The van der Waals surface area contributed by atoms with Crippen molar-refractivity contribution in [1.29, 1.82) is 0 Å². The van der Waals surface area contributed by atoms with E-state index in [0.29, 0.717) is 18.4 Å². The van der Waals surface area contributed by atoms with Crippen molar-refractivity contribution in [2.24, 2.45) is 0 Å². The molecular formula is C16H21F2NO2. The molecule has 0 saturated heterocycles. The van der Waals surface area contributed by atoms with Crippen molar-refractivity contribution in [2.75, 3.05) is 0 Å². The predicted molar refractivity (Wildman–Crippen MR) is 75.6 cm³/mol. The van der Waals surface area contributed by atoms with E-state index in [1.165, 1.54) is 6.07 Å². The van der Waals surface area contributed by atoms with Gasteiger partial charge in [-0.05, 0) is 37.5 Å². The molecule has 1 fully saturated rings. The molecule has 0 bridgehead atoms. The number of aliphatic hydroxyl groups is 1. The van der Waals surface area contributed by atoms with E-state index in [-0.39, 0.29) is 12.3 Å². The number of carbonyl (C=O) groups is 1. The molecule has 5 heteroatoms. The van der Waals surface area contributed by atoms with Crippen LogP contribution >= 0.6 is 0 Å². The van der Waals surface area contributed by atoms with Gasteiger partial charge in [-0.2, -0.15) is 0 Å². The van der Waals surface area contributed by atoms with Crippen molar-refractivity contribution in [3.63, 3.8) is 0 Å². The van der Waals surface area contributed by atoms with Crippen molar-refractivity contribution >= 4 is 5.91 Å². The van der Waals surface area contributed by atoms with Gasteiger partial charge in [0.1, 0.15) is 0 Å². The minimum atomic E-state index is -0.931. The third-order valence-electron chi connectivity index (χ3n) is 4.10. The molecule has 1 aromatic rings. The number of rotatable bonds is 4. The number of halogens is 2. The summed E-state index contributed by atoms with van der Waals surface area (Å²) < 4.78 is 26.1. The van der Waals surface area contributed by atoms with Gasteiger partial charge in [0.2, 0.25) is 5.91 Å². The Morgan fingerprint density at radius 3 is 2.57 bits per heavy atom. The van der Waals surface area contributed by atoms with Gasteiger partial charge >= 0.3 is 0 Å². The monoisotopic (exact) mass is 297 g/mol. The highest BCUT2D eigenvalue weighted by Gasteiger charge is 2.32. The van der Waals surface area contributed by atoms with Crippen molar-refractivity contribution in [3.05, 3.63) is 35.4 Å². The highest BCUT2D eigenvalue weighted by molar-refractivity contribution is 5.77. The Hall–Kier alpha value is -1.49. The first-order valence-electron chi connectivity index (χ1n) is 7.36. The molecule has 1 unspecified atom stereocenters. The Bertz CT molecular complexity index is 513. The van der Waals surface area contributed by atoms with Crippen LogP contribution in [0.2, 0.25) is 0 Å². The molecule has 0 spiro atoms. The van der Waals surface area contributed by atoms with Crippen LogP contribution < -0.4 is 5.32 Å². The molecule has 0 radical (unpaired) electrons. The van der Waals surface area contributed by atoms with E-state index in [0.717, 1.165) is 31.4 Å². The topological polar surface area (TPSA) is 49.3 Å². The third-order valence-corrected chi connectivity index (χ3v) is 4.10. The first-order chi connectivity index (χ1) is 9.89. The molecule has 1 aromatic carbocycles. The summed E-state index contributed by atoms with van der Waals surface area (Å²) in [5.74, 6) is -2.11. The fraction of sp³-hybridized carbons (Fsp3) is 0.562. The number of nitrogens with one attached hydrogen (secondary N) is 1. The summed E-state index contributed by atoms with van der Waals surface area (Å²) in [7, 11) is 0. The zero-order valence-corrected chi connectivity index (χ0v) is 12.2. The standard InChI is InChI=1S/C16H21F2NO2/c1-11(12-5-6-13(17)14(18)9-12)19-15(20)10-16(21)7-3-2-4-8-16/h5-6,9,11,21H,2-4,7-8,10H2,1H3,(H,19,20). The normalized spacial score (nSPS) is 19.0. The first-order valence-corrected chi connectivity index (χ1v) is 7.36. The van der Waals surface area contributed by atoms with Gasteiger partial charge < -0.3 is 10.4 Å². The van der Waals surface area contributed by atoms with Gasteiger partial charge in [0.05, 0.1) is 18.1 Å². The summed E-state index contributed by atoms with van der Waals surface area (Å²) in [4.78, 5) is 12.0.